The molecule has 2 N–H and O–H groups in total. The lowest BCUT2D eigenvalue weighted by Crippen LogP contribution is -2.22. The zero-order valence-corrected chi connectivity index (χ0v) is 19.2. The SMILES string of the molecule is COc1cc(/C=C2/C(C)=C(CC(=O)NCc3ccccc3)c3cc(F)cnc32)cc(OC)c1O. The van der Waals surface area contributed by atoms with E-state index in [4.69, 9.17) is 9.47 Å². The van der Waals surface area contributed by atoms with Gasteiger partial charge in [0.15, 0.2) is 11.5 Å². The van der Waals surface area contributed by atoms with Crippen molar-refractivity contribution in [1.82, 2.24) is 10.3 Å². The second-order valence-corrected chi connectivity index (χ2v) is 7.92. The van der Waals surface area contributed by atoms with Gasteiger partial charge in [-0.3, -0.25) is 9.78 Å². The first kappa shape index (κ1) is 23.0. The van der Waals surface area contributed by atoms with Crippen molar-refractivity contribution in [1.29, 1.82) is 0 Å². The van der Waals surface area contributed by atoms with Crippen molar-refractivity contribution in [3.8, 4) is 17.2 Å². The second-order valence-electron chi connectivity index (χ2n) is 7.92. The molecule has 0 bridgehead atoms. The number of hydrogen-bond acceptors (Lipinski definition) is 5. The van der Waals surface area contributed by atoms with Crippen molar-refractivity contribution in [2.45, 2.75) is 19.9 Å². The predicted octanol–water partition coefficient (Wildman–Crippen LogP) is 4.98. The van der Waals surface area contributed by atoms with Crippen LogP contribution in [0.2, 0.25) is 0 Å². The fourth-order valence-electron chi connectivity index (χ4n) is 4.01. The maximum atomic E-state index is 14.1. The number of aromatic hydroxyl groups is 1. The monoisotopic (exact) mass is 460 g/mol. The zero-order chi connectivity index (χ0) is 24.2. The summed E-state index contributed by atoms with van der Waals surface area (Å²) in [6.45, 7) is 2.30. The van der Waals surface area contributed by atoms with Crippen LogP contribution in [0.15, 0.2) is 60.3 Å². The number of carbonyl (C=O) groups is 1. The lowest BCUT2D eigenvalue weighted by atomic mass is 10.0. The normalized spacial score (nSPS) is 13.7. The van der Waals surface area contributed by atoms with Gasteiger partial charge in [0, 0.05) is 17.7 Å². The molecule has 1 aliphatic rings. The Labute approximate surface area is 197 Å². The molecule has 7 heteroatoms. The van der Waals surface area contributed by atoms with E-state index in [9.17, 15) is 14.3 Å². The number of phenols is 1. The number of amides is 1. The Balaban J connectivity index is 1.68. The Bertz CT molecular complexity index is 1270. The van der Waals surface area contributed by atoms with E-state index in [1.54, 1.807) is 12.1 Å². The smallest absolute Gasteiger partial charge is 0.224 e. The molecule has 0 spiro atoms. The molecule has 0 atom stereocenters. The minimum atomic E-state index is -0.469. The molecule has 3 aromatic rings. The van der Waals surface area contributed by atoms with Gasteiger partial charge in [0.2, 0.25) is 11.7 Å². The van der Waals surface area contributed by atoms with E-state index in [1.165, 1.54) is 20.3 Å². The number of aromatic nitrogens is 1. The summed E-state index contributed by atoms with van der Waals surface area (Å²) in [7, 11) is 2.91. The van der Waals surface area contributed by atoms with Crippen molar-refractivity contribution in [3.63, 3.8) is 0 Å². The number of phenolic OH excluding ortho intramolecular Hbond substituents is 1. The number of fused-ring (bicyclic) bond motifs is 1. The van der Waals surface area contributed by atoms with Crippen LogP contribution in [0.25, 0.3) is 17.2 Å². The standard InChI is InChI=1S/C27H25FN2O4/c1-16-20(13-25(31)29-14-17-7-5-4-6-8-17)22-12-19(28)15-30-26(22)21(16)9-18-10-23(33-2)27(32)24(11-18)34-3/h4-12,15,32H,13-14H2,1-3H3,(H,29,31)/b21-9-. The van der Waals surface area contributed by atoms with Crippen LogP contribution in [-0.4, -0.2) is 30.2 Å². The highest BCUT2D eigenvalue weighted by Crippen LogP contribution is 2.44. The van der Waals surface area contributed by atoms with Gasteiger partial charge in [-0.05, 0) is 53.5 Å². The summed E-state index contributed by atoms with van der Waals surface area (Å²) in [6.07, 6.45) is 3.12. The Morgan fingerprint density at radius 3 is 2.44 bits per heavy atom. The molecule has 1 heterocycles. The number of carbonyl (C=O) groups excluding carboxylic acids is 1. The number of benzene rings is 2. The van der Waals surface area contributed by atoms with Gasteiger partial charge in [-0.15, -0.1) is 0 Å². The molecule has 6 nitrogen and oxygen atoms in total. The maximum absolute atomic E-state index is 14.1. The van der Waals surface area contributed by atoms with Crippen molar-refractivity contribution in [2.24, 2.45) is 0 Å². The van der Waals surface area contributed by atoms with Crippen LogP contribution in [-0.2, 0) is 11.3 Å². The van der Waals surface area contributed by atoms with E-state index in [1.807, 2.05) is 43.3 Å². The topological polar surface area (TPSA) is 80.7 Å². The van der Waals surface area contributed by atoms with E-state index in [0.717, 1.165) is 28.5 Å². The molecule has 0 aliphatic heterocycles. The number of pyridine rings is 1. The largest absolute Gasteiger partial charge is 0.502 e. The summed E-state index contributed by atoms with van der Waals surface area (Å²) in [5.74, 6) is -0.204. The van der Waals surface area contributed by atoms with Crippen LogP contribution < -0.4 is 14.8 Å². The Hall–Kier alpha value is -4.13. The molecule has 0 radical (unpaired) electrons. The number of halogens is 1. The third-order valence-electron chi connectivity index (χ3n) is 5.77. The van der Waals surface area contributed by atoms with Gasteiger partial charge in [-0.2, -0.15) is 0 Å². The molecule has 1 aliphatic carbocycles. The number of nitrogens with one attached hydrogen (secondary N) is 1. The molecular weight excluding hydrogens is 435 g/mol. The van der Waals surface area contributed by atoms with E-state index < -0.39 is 5.82 Å². The summed E-state index contributed by atoms with van der Waals surface area (Å²) in [5, 5.41) is 13.1. The number of ether oxygens (including phenoxy) is 2. The molecule has 34 heavy (non-hydrogen) atoms. The van der Waals surface area contributed by atoms with Gasteiger partial charge in [0.05, 0.1) is 32.5 Å². The summed E-state index contributed by atoms with van der Waals surface area (Å²) >= 11 is 0. The summed E-state index contributed by atoms with van der Waals surface area (Å²) in [5.41, 5.74) is 5.19. The lowest BCUT2D eigenvalue weighted by molar-refractivity contribution is -0.120. The lowest BCUT2D eigenvalue weighted by Gasteiger charge is -2.10. The summed E-state index contributed by atoms with van der Waals surface area (Å²) < 4.78 is 24.6. The third kappa shape index (κ3) is 4.64. The summed E-state index contributed by atoms with van der Waals surface area (Å²) in [6, 6.07) is 14.4. The fraction of sp³-hybridized carbons (Fsp3) is 0.185. The highest BCUT2D eigenvalue weighted by atomic mass is 19.1. The van der Waals surface area contributed by atoms with Gasteiger partial charge in [0.25, 0.3) is 0 Å². The Morgan fingerprint density at radius 2 is 1.79 bits per heavy atom. The van der Waals surface area contributed by atoms with Gasteiger partial charge < -0.3 is 19.9 Å². The quantitative estimate of drug-likeness (QED) is 0.520. The van der Waals surface area contributed by atoms with Crippen LogP contribution in [0, 0.1) is 5.82 Å². The minimum Gasteiger partial charge on any atom is -0.502 e. The number of allylic oxidation sites excluding steroid dienone is 2. The van der Waals surface area contributed by atoms with Crippen molar-refractivity contribution >= 4 is 23.1 Å². The Kier molecular flexibility index (Phi) is 6.63. The second kappa shape index (κ2) is 9.79. The number of methoxy groups -OCH3 is 2. The molecular formula is C27H25FN2O4. The molecule has 0 saturated carbocycles. The van der Waals surface area contributed by atoms with Gasteiger partial charge in [0.1, 0.15) is 5.82 Å². The van der Waals surface area contributed by atoms with Crippen LogP contribution in [0.4, 0.5) is 4.39 Å². The Morgan fingerprint density at radius 1 is 1.12 bits per heavy atom. The van der Waals surface area contributed by atoms with E-state index >= 15 is 0 Å². The highest BCUT2D eigenvalue weighted by Gasteiger charge is 2.27. The zero-order valence-electron chi connectivity index (χ0n) is 19.2. The van der Waals surface area contributed by atoms with Crippen molar-refractivity contribution in [3.05, 3.63) is 88.5 Å². The molecule has 1 aromatic heterocycles. The van der Waals surface area contributed by atoms with Crippen molar-refractivity contribution in [2.75, 3.05) is 14.2 Å². The van der Waals surface area contributed by atoms with Crippen LogP contribution in [0.5, 0.6) is 17.2 Å². The number of hydrogen-bond donors (Lipinski definition) is 2. The van der Waals surface area contributed by atoms with Crippen molar-refractivity contribution < 1.29 is 23.8 Å². The van der Waals surface area contributed by atoms with Crippen LogP contribution >= 0.6 is 0 Å². The first-order valence-corrected chi connectivity index (χ1v) is 10.7. The number of nitrogens with zero attached hydrogens (tertiary/aromatic N) is 1. The molecule has 0 saturated heterocycles. The molecule has 4 rings (SSSR count). The maximum Gasteiger partial charge on any atom is 0.224 e. The van der Waals surface area contributed by atoms with Gasteiger partial charge in [-0.25, -0.2) is 4.39 Å². The predicted molar refractivity (Wildman–Crippen MR) is 129 cm³/mol. The van der Waals surface area contributed by atoms with Gasteiger partial charge >= 0.3 is 0 Å². The number of rotatable bonds is 7. The average molecular weight is 461 g/mol. The molecule has 0 unspecified atom stereocenters. The van der Waals surface area contributed by atoms with E-state index in [-0.39, 0.29) is 29.6 Å². The summed E-state index contributed by atoms with van der Waals surface area (Å²) in [4.78, 5) is 17.1. The molecule has 2 aromatic carbocycles. The van der Waals surface area contributed by atoms with Crippen LogP contribution in [0.3, 0.4) is 0 Å². The molecule has 0 fully saturated rings. The van der Waals surface area contributed by atoms with E-state index in [2.05, 4.69) is 10.3 Å². The molecule has 1 amide bonds. The first-order chi connectivity index (χ1) is 16.4. The first-order valence-electron chi connectivity index (χ1n) is 10.7. The minimum absolute atomic E-state index is 0.0936. The average Bonchev–Trinajstić information content (AvgIpc) is 3.09. The highest BCUT2D eigenvalue weighted by molar-refractivity contribution is 6.07. The van der Waals surface area contributed by atoms with E-state index in [0.29, 0.717) is 23.4 Å². The third-order valence-corrected chi connectivity index (χ3v) is 5.77. The van der Waals surface area contributed by atoms with Crippen LogP contribution in [0.1, 0.15) is 35.7 Å². The fourth-order valence-corrected chi connectivity index (χ4v) is 4.01. The molecule has 174 valence electrons. The van der Waals surface area contributed by atoms with Gasteiger partial charge in [-0.1, -0.05) is 30.3 Å².